The quantitative estimate of drug-likeness (QED) is 0.879. The number of fused-ring (bicyclic) bond motifs is 1. The molecule has 3 rings (SSSR count). The normalized spacial score (nSPS) is 25.0. The number of aliphatic hydroxyl groups is 1. The average Bonchev–Trinajstić information content (AvgIpc) is 2.90. The first-order chi connectivity index (χ1) is 11.1. The van der Waals surface area contributed by atoms with E-state index in [9.17, 15) is 14.7 Å². The zero-order valence-electron chi connectivity index (χ0n) is 13.4. The van der Waals surface area contributed by atoms with E-state index in [2.05, 4.69) is 5.32 Å². The van der Waals surface area contributed by atoms with Gasteiger partial charge in [-0.2, -0.15) is 0 Å². The van der Waals surface area contributed by atoms with Crippen LogP contribution in [0.1, 0.15) is 26.2 Å². The lowest BCUT2D eigenvalue weighted by molar-refractivity contribution is -0.120. The van der Waals surface area contributed by atoms with Crippen molar-refractivity contribution in [1.29, 1.82) is 0 Å². The Morgan fingerprint density at radius 2 is 2.17 bits per heavy atom. The summed E-state index contributed by atoms with van der Waals surface area (Å²) >= 11 is 0. The number of nitrogens with one attached hydrogen (secondary N) is 1. The molecule has 2 atom stereocenters. The fraction of sp³-hybridized carbons (Fsp3) is 0.529. The van der Waals surface area contributed by atoms with E-state index in [1.165, 1.54) is 0 Å². The summed E-state index contributed by atoms with van der Waals surface area (Å²) < 4.78 is 0. The van der Waals surface area contributed by atoms with Crippen LogP contribution in [0.4, 0.5) is 11.4 Å². The van der Waals surface area contributed by atoms with Crippen molar-refractivity contribution in [1.82, 2.24) is 4.90 Å². The first-order valence-electron chi connectivity index (χ1n) is 8.16. The average molecular weight is 317 g/mol. The molecular formula is C17H23N3O3. The summed E-state index contributed by atoms with van der Waals surface area (Å²) in [5.74, 6) is -0.101. The summed E-state index contributed by atoms with van der Waals surface area (Å²) in [6, 6.07) is 7.27. The molecule has 1 saturated heterocycles. The molecule has 2 heterocycles. The third-order valence-corrected chi connectivity index (χ3v) is 4.68. The second-order valence-electron chi connectivity index (χ2n) is 6.33. The van der Waals surface area contributed by atoms with Gasteiger partial charge in [0.2, 0.25) is 11.8 Å². The summed E-state index contributed by atoms with van der Waals surface area (Å²) in [6.45, 7) is 3.09. The fourth-order valence-corrected chi connectivity index (χ4v) is 3.53. The van der Waals surface area contributed by atoms with Crippen molar-refractivity contribution < 1.29 is 14.7 Å². The number of carbonyl (C=O) groups excluding carboxylic acids is 2. The van der Waals surface area contributed by atoms with Gasteiger partial charge in [-0.3, -0.25) is 14.5 Å². The summed E-state index contributed by atoms with van der Waals surface area (Å²) in [4.78, 5) is 28.6. The molecule has 1 fully saturated rings. The minimum Gasteiger partial charge on any atom is -0.395 e. The second-order valence-corrected chi connectivity index (χ2v) is 6.33. The van der Waals surface area contributed by atoms with Crippen LogP contribution in [-0.4, -0.2) is 53.6 Å². The van der Waals surface area contributed by atoms with Crippen molar-refractivity contribution in [3.8, 4) is 0 Å². The molecule has 2 aliphatic heterocycles. The summed E-state index contributed by atoms with van der Waals surface area (Å²) in [6.07, 6.45) is 2.21. The van der Waals surface area contributed by atoms with Crippen molar-refractivity contribution in [2.75, 3.05) is 29.9 Å². The number of benzene rings is 1. The van der Waals surface area contributed by atoms with Gasteiger partial charge < -0.3 is 15.3 Å². The highest BCUT2D eigenvalue weighted by atomic mass is 16.3. The number of hydrogen-bond acceptors (Lipinski definition) is 4. The predicted octanol–water partition coefficient (Wildman–Crippen LogP) is 1.21. The highest BCUT2D eigenvalue weighted by molar-refractivity contribution is 6.04. The van der Waals surface area contributed by atoms with Gasteiger partial charge in [0.15, 0.2) is 0 Å². The van der Waals surface area contributed by atoms with E-state index in [1.807, 2.05) is 36.1 Å². The largest absolute Gasteiger partial charge is 0.395 e. The van der Waals surface area contributed by atoms with Gasteiger partial charge in [-0.1, -0.05) is 12.1 Å². The van der Waals surface area contributed by atoms with E-state index in [0.29, 0.717) is 5.69 Å². The third kappa shape index (κ3) is 3.23. The Morgan fingerprint density at radius 1 is 1.39 bits per heavy atom. The maximum atomic E-state index is 12.9. The lowest BCUT2D eigenvalue weighted by Gasteiger charge is -2.31. The Kier molecular flexibility index (Phi) is 4.63. The number of para-hydroxylation sites is 2. The van der Waals surface area contributed by atoms with E-state index in [4.69, 9.17) is 0 Å². The molecule has 1 aromatic carbocycles. The Hall–Kier alpha value is -1.92. The lowest BCUT2D eigenvalue weighted by Crippen LogP contribution is -2.46. The number of likely N-dealkylation sites (tertiary alicyclic amines) is 1. The number of rotatable bonds is 3. The van der Waals surface area contributed by atoms with Gasteiger partial charge in [0.25, 0.3) is 0 Å². The molecule has 2 N–H and O–H groups in total. The first-order valence-corrected chi connectivity index (χ1v) is 8.16. The van der Waals surface area contributed by atoms with Gasteiger partial charge in [0.1, 0.15) is 0 Å². The standard InChI is InChI=1S/C17H23N3O3/c1-12-9-16(22)18-14-6-2-3-7-15(14)20(12)17(23)10-19-8-4-5-13(19)11-21/h2-3,6-7,12-13,21H,4-5,8-11H2,1H3,(H,18,22). The van der Waals surface area contributed by atoms with E-state index in [1.54, 1.807) is 4.90 Å². The zero-order valence-corrected chi connectivity index (χ0v) is 13.4. The molecule has 2 amide bonds. The van der Waals surface area contributed by atoms with E-state index in [0.717, 1.165) is 25.1 Å². The van der Waals surface area contributed by atoms with Crippen molar-refractivity contribution in [2.45, 2.75) is 38.3 Å². The molecular weight excluding hydrogens is 294 g/mol. The predicted molar refractivity (Wildman–Crippen MR) is 88.3 cm³/mol. The number of amides is 2. The second kappa shape index (κ2) is 6.68. The van der Waals surface area contributed by atoms with Gasteiger partial charge in [-0.25, -0.2) is 0 Å². The maximum Gasteiger partial charge on any atom is 0.241 e. The van der Waals surface area contributed by atoms with Crippen LogP contribution >= 0.6 is 0 Å². The van der Waals surface area contributed by atoms with E-state index < -0.39 is 0 Å². The Bertz CT molecular complexity index is 605. The Labute approximate surface area is 136 Å². The molecule has 124 valence electrons. The molecule has 0 radical (unpaired) electrons. The number of hydrogen-bond donors (Lipinski definition) is 2. The van der Waals surface area contributed by atoms with Crippen LogP contribution < -0.4 is 10.2 Å². The maximum absolute atomic E-state index is 12.9. The van der Waals surface area contributed by atoms with Gasteiger partial charge in [-0.05, 0) is 38.4 Å². The molecule has 0 aliphatic carbocycles. The van der Waals surface area contributed by atoms with Gasteiger partial charge in [-0.15, -0.1) is 0 Å². The summed E-state index contributed by atoms with van der Waals surface area (Å²) in [7, 11) is 0. The highest BCUT2D eigenvalue weighted by Crippen LogP contribution is 2.31. The van der Waals surface area contributed by atoms with Crippen molar-refractivity contribution in [2.24, 2.45) is 0 Å². The molecule has 0 spiro atoms. The van der Waals surface area contributed by atoms with Gasteiger partial charge in [0, 0.05) is 18.5 Å². The Morgan fingerprint density at radius 3 is 2.96 bits per heavy atom. The third-order valence-electron chi connectivity index (χ3n) is 4.68. The van der Waals surface area contributed by atoms with Crippen LogP contribution in [0.25, 0.3) is 0 Å². The van der Waals surface area contributed by atoms with Crippen LogP contribution in [0.3, 0.4) is 0 Å². The first kappa shape index (κ1) is 16.0. The topological polar surface area (TPSA) is 72.9 Å². The number of anilines is 2. The Balaban J connectivity index is 1.84. The monoisotopic (exact) mass is 317 g/mol. The van der Waals surface area contributed by atoms with Crippen LogP contribution in [0.15, 0.2) is 24.3 Å². The van der Waals surface area contributed by atoms with E-state index >= 15 is 0 Å². The van der Waals surface area contributed by atoms with Crippen molar-refractivity contribution in [3.63, 3.8) is 0 Å². The molecule has 2 aliphatic rings. The molecule has 6 heteroatoms. The highest BCUT2D eigenvalue weighted by Gasteiger charge is 2.32. The summed E-state index contributed by atoms with van der Waals surface area (Å²) in [5, 5.41) is 12.3. The molecule has 0 aromatic heterocycles. The molecule has 0 saturated carbocycles. The van der Waals surface area contributed by atoms with Crippen LogP contribution in [0.2, 0.25) is 0 Å². The minimum absolute atomic E-state index is 0.0261. The van der Waals surface area contributed by atoms with Gasteiger partial charge >= 0.3 is 0 Å². The fourth-order valence-electron chi connectivity index (χ4n) is 3.53. The number of aliphatic hydroxyl groups excluding tert-OH is 1. The SMILES string of the molecule is CC1CC(=O)Nc2ccccc2N1C(=O)CN1CCCC1CO. The summed E-state index contributed by atoms with van der Waals surface area (Å²) in [5.41, 5.74) is 1.42. The smallest absolute Gasteiger partial charge is 0.241 e. The molecule has 23 heavy (non-hydrogen) atoms. The van der Waals surface area contributed by atoms with Crippen LogP contribution in [-0.2, 0) is 9.59 Å². The van der Waals surface area contributed by atoms with Crippen molar-refractivity contribution in [3.05, 3.63) is 24.3 Å². The van der Waals surface area contributed by atoms with Crippen LogP contribution in [0, 0.1) is 0 Å². The van der Waals surface area contributed by atoms with E-state index in [-0.39, 0.29) is 43.5 Å². The number of nitrogens with zero attached hydrogens (tertiary/aromatic N) is 2. The molecule has 2 unspecified atom stereocenters. The van der Waals surface area contributed by atoms with Gasteiger partial charge in [0.05, 0.1) is 24.5 Å². The molecule has 1 aromatic rings. The molecule has 6 nitrogen and oxygen atoms in total. The number of carbonyl (C=O) groups is 2. The van der Waals surface area contributed by atoms with Crippen LogP contribution in [0.5, 0.6) is 0 Å². The molecule has 0 bridgehead atoms. The zero-order chi connectivity index (χ0) is 16.4. The minimum atomic E-state index is -0.193. The lowest BCUT2D eigenvalue weighted by atomic mass is 10.1. The van der Waals surface area contributed by atoms with Crippen molar-refractivity contribution >= 4 is 23.2 Å².